The van der Waals surface area contributed by atoms with E-state index < -0.39 is 0 Å². The molecule has 1 aliphatic rings. The first-order valence-corrected chi connectivity index (χ1v) is 4.88. The van der Waals surface area contributed by atoms with E-state index in [-0.39, 0.29) is 0 Å². The average Bonchev–Trinajstić information content (AvgIpc) is 2.12. The van der Waals surface area contributed by atoms with Crippen LogP contribution in [0.2, 0.25) is 0 Å². The Labute approximate surface area is 78.4 Å². The molecule has 13 heavy (non-hydrogen) atoms. The summed E-state index contributed by atoms with van der Waals surface area (Å²) in [5.41, 5.74) is 6.47. The van der Waals surface area contributed by atoms with Crippen LogP contribution in [0.15, 0.2) is 12.4 Å². The van der Waals surface area contributed by atoms with E-state index in [4.69, 9.17) is 5.73 Å². The van der Waals surface area contributed by atoms with Crippen LogP contribution < -0.4 is 5.73 Å². The predicted molar refractivity (Wildman–Crippen MR) is 51.0 cm³/mol. The van der Waals surface area contributed by atoms with Gasteiger partial charge in [0.1, 0.15) is 5.82 Å². The molecule has 1 aromatic heterocycles. The minimum absolute atomic E-state index is 0.531. The Morgan fingerprint density at radius 1 is 1.31 bits per heavy atom. The number of nitrogens with two attached hydrogens (primary N) is 1. The predicted octanol–water partition coefficient (Wildman–Crippen LogP) is 1.28. The lowest BCUT2D eigenvalue weighted by molar-refractivity contribution is 0.309. The van der Waals surface area contributed by atoms with E-state index in [0.29, 0.717) is 6.54 Å². The van der Waals surface area contributed by atoms with Crippen molar-refractivity contribution >= 4 is 0 Å². The van der Waals surface area contributed by atoms with Crippen molar-refractivity contribution in [2.45, 2.75) is 32.2 Å². The third-order valence-corrected chi connectivity index (χ3v) is 2.69. The number of nitrogens with zero attached hydrogens (tertiary/aromatic N) is 2. The molecule has 1 saturated carbocycles. The quantitative estimate of drug-likeness (QED) is 0.756. The molecule has 2 rings (SSSR count). The molecule has 0 amide bonds. The van der Waals surface area contributed by atoms with Crippen molar-refractivity contribution in [1.29, 1.82) is 0 Å². The molecule has 0 atom stereocenters. The number of hydrogen-bond acceptors (Lipinski definition) is 3. The maximum Gasteiger partial charge on any atom is 0.128 e. The Bertz CT molecular complexity index is 264. The topological polar surface area (TPSA) is 51.8 Å². The van der Waals surface area contributed by atoms with Crippen molar-refractivity contribution in [3.63, 3.8) is 0 Å². The van der Waals surface area contributed by atoms with Gasteiger partial charge in [0.2, 0.25) is 0 Å². The summed E-state index contributed by atoms with van der Waals surface area (Å²) in [7, 11) is 0. The molecule has 1 heterocycles. The summed E-state index contributed by atoms with van der Waals surface area (Å²) < 4.78 is 0. The van der Waals surface area contributed by atoms with Crippen LogP contribution in [0.3, 0.4) is 0 Å². The first-order chi connectivity index (χ1) is 6.38. The van der Waals surface area contributed by atoms with Crippen molar-refractivity contribution in [2.75, 3.05) is 0 Å². The van der Waals surface area contributed by atoms with E-state index in [1.165, 1.54) is 19.3 Å². The van der Waals surface area contributed by atoms with Crippen LogP contribution in [0.4, 0.5) is 0 Å². The van der Waals surface area contributed by atoms with Crippen molar-refractivity contribution in [3.05, 3.63) is 23.8 Å². The van der Waals surface area contributed by atoms with Crippen LogP contribution in [-0.2, 0) is 13.0 Å². The summed E-state index contributed by atoms with van der Waals surface area (Å²) in [6.07, 6.45) is 8.79. The maximum absolute atomic E-state index is 5.46. The van der Waals surface area contributed by atoms with Gasteiger partial charge in [-0.15, -0.1) is 0 Å². The van der Waals surface area contributed by atoms with Gasteiger partial charge in [-0.1, -0.05) is 19.3 Å². The first kappa shape index (κ1) is 8.63. The van der Waals surface area contributed by atoms with Gasteiger partial charge in [0, 0.05) is 30.9 Å². The molecule has 1 fully saturated rings. The minimum Gasteiger partial charge on any atom is -0.326 e. The molecule has 0 bridgehead atoms. The van der Waals surface area contributed by atoms with Gasteiger partial charge in [-0.3, -0.25) is 0 Å². The highest BCUT2D eigenvalue weighted by atomic mass is 14.9. The van der Waals surface area contributed by atoms with E-state index in [2.05, 4.69) is 9.97 Å². The van der Waals surface area contributed by atoms with Crippen molar-refractivity contribution in [1.82, 2.24) is 9.97 Å². The molecule has 0 aliphatic heterocycles. The number of hydrogen-bond donors (Lipinski definition) is 1. The van der Waals surface area contributed by atoms with Crippen LogP contribution in [0.25, 0.3) is 0 Å². The zero-order valence-electron chi connectivity index (χ0n) is 7.74. The summed E-state index contributed by atoms with van der Waals surface area (Å²) >= 11 is 0. The molecule has 0 spiro atoms. The van der Waals surface area contributed by atoms with E-state index in [1.54, 1.807) is 0 Å². The highest BCUT2D eigenvalue weighted by molar-refractivity contribution is 5.04. The molecule has 1 aromatic rings. The van der Waals surface area contributed by atoms with Crippen LogP contribution in [0.1, 0.15) is 30.7 Å². The second kappa shape index (κ2) is 3.83. The van der Waals surface area contributed by atoms with Crippen LogP contribution >= 0.6 is 0 Å². The van der Waals surface area contributed by atoms with E-state index in [9.17, 15) is 0 Å². The fourth-order valence-electron chi connectivity index (χ4n) is 1.55. The largest absolute Gasteiger partial charge is 0.326 e. The van der Waals surface area contributed by atoms with Gasteiger partial charge in [0.05, 0.1) is 0 Å². The lowest BCUT2D eigenvalue weighted by atomic mass is 9.83. The summed E-state index contributed by atoms with van der Waals surface area (Å²) in [6.45, 7) is 0.531. The van der Waals surface area contributed by atoms with E-state index in [0.717, 1.165) is 23.7 Å². The molecule has 1 aliphatic carbocycles. The fraction of sp³-hybridized carbons (Fsp3) is 0.600. The maximum atomic E-state index is 5.46. The van der Waals surface area contributed by atoms with Gasteiger partial charge < -0.3 is 5.73 Å². The fourth-order valence-corrected chi connectivity index (χ4v) is 1.55. The van der Waals surface area contributed by atoms with Crippen LogP contribution in [0, 0.1) is 5.92 Å². The van der Waals surface area contributed by atoms with Crippen LogP contribution in [0.5, 0.6) is 0 Å². The summed E-state index contributed by atoms with van der Waals surface area (Å²) in [5.74, 6) is 1.81. The third kappa shape index (κ3) is 2.04. The Morgan fingerprint density at radius 2 is 2.00 bits per heavy atom. The molecule has 3 nitrogen and oxygen atoms in total. The van der Waals surface area contributed by atoms with Crippen molar-refractivity contribution in [2.24, 2.45) is 11.7 Å². The molecule has 0 aromatic carbocycles. The summed E-state index contributed by atoms with van der Waals surface area (Å²) in [6, 6.07) is 0. The molecular weight excluding hydrogens is 162 g/mol. The summed E-state index contributed by atoms with van der Waals surface area (Å²) in [4.78, 5) is 8.56. The number of aromatic nitrogens is 2. The molecule has 2 N–H and O–H groups in total. The molecule has 0 saturated heterocycles. The molecule has 70 valence electrons. The average molecular weight is 177 g/mol. The standard InChI is InChI=1S/C10H15N3/c11-5-9-6-12-10(13-7-9)4-8-2-1-3-8/h6-8H,1-5,11H2. The number of rotatable bonds is 3. The Balaban J connectivity index is 1.96. The highest BCUT2D eigenvalue weighted by Crippen LogP contribution is 2.28. The third-order valence-electron chi connectivity index (χ3n) is 2.69. The van der Waals surface area contributed by atoms with Gasteiger partial charge in [-0.2, -0.15) is 0 Å². The first-order valence-electron chi connectivity index (χ1n) is 4.88. The Hall–Kier alpha value is -0.960. The Morgan fingerprint density at radius 3 is 2.46 bits per heavy atom. The molecule has 0 unspecified atom stereocenters. The normalized spacial score (nSPS) is 17.0. The lowest BCUT2D eigenvalue weighted by Gasteiger charge is -2.24. The van der Waals surface area contributed by atoms with Crippen LogP contribution in [-0.4, -0.2) is 9.97 Å². The van der Waals surface area contributed by atoms with Gasteiger partial charge in [0.15, 0.2) is 0 Å². The van der Waals surface area contributed by atoms with E-state index in [1.807, 2.05) is 12.4 Å². The Kier molecular flexibility index (Phi) is 2.54. The van der Waals surface area contributed by atoms with Gasteiger partial charge in [-0.25, -0.2) is 9.97 Å². The lowest BCUT2D eigenvalue weighted by Crippen LogP contribution is -2.15. The SMILES string of the molecule is NCc1cnc(CC2CCC2)nc1. The summed E-state index contributed by atoms with van der Waals surface area (Å²) in [5, 5.41) is 0. The highest BCUT2D eigenvalue weighted by Gasteiger charge is 2.18. The molecule has 3 heteroatoms. The van der Waals surface area contributed by atoms with Crippen molar-refractivity contribution in [3.8, 4) is 0 Å². The molecular formula is C10H15N3. The zero-order chi connectivity index (χ0) is 9.10. The zero-order valence-corrected chi connectivity index (χ0v) is 7.74. The monoisotopic (exact) mass is 177 g/mol. The second-order valence-electron chi connectivity index (χ2n) is 3.71. The second-order valence-corrected chi connectivity index (χ2v) is 3.71. The molecule has 0 radical (unpaired) electrons. The van der Waals surface area contributed by atoms with Crippen molar-refractivity contribution < 1.29 is 0 Å². The van der Waals surface area contributed by atoms with E-state index >= 15 is 0 Å². The smallest absolute Gasteiger partial charge is 0.128 e. The van der Waals surface area contributed by atoms with Gasteiger partial charge >= 0.3 is 0 Å². The van der Waals surface area contributed by atoms with Gasteiger partial charge in [0.25, 0.3) is 0 Å². The minimum atomic E-state index is 0.531. The van der Waals surface area contributed by atoms with Gasteiger partial charge in [-0.05, 0) is 5.92 Å².